The van der Waals surface area contributed by atoms with Crippen LogP contribution in [-0.4, -0.2) is 31.6 Å². The van der Waals surface area contributed by atoms with Gasteiger partial charge >= 0.3 is 11.8 Å². The highest BCUT2D eigenvalue weighted by atomic mass is 79.9. The van der Waals surface area contributed by atoms with Crippen molar-refractivity contribution in [3.8, 4) is 0 Å². The number of hydrogen-bond donors (Lipinski definition) is 2. The minimum atomic E-state index is -0.675. The zero-order chi connectivity index (χ0) is 15.0. The third-order valence-electron chi connectivity index (χ3n) is 2.53. The molecule has 6 heteroatoms. The van der Waals surface area contributed by atoms with Crippen molar-refractivity contribution in [2.45, 2.75) is 20.3 Å². The van der Waals surface area contributed by atoms with Crippen LogP contribution >= 0.6 is 15.9 Å². The molecule has 0 aliphatic heterocycles. The Bertz CT molecular complexity index is 477. The fraction of sp³-hybridized carbons (Fsp3) is 0.429. The van der Waals surface area contributed by atoms with E-state index in [1.165, 1.54) is 0 Å². The molecule has 0 saturated carbocycles. The van der Waals surface area contributed by atoms with Gasteiger partial charge in [0.05, 0.1) is 5.69 Å². The number of halogens is 1. The molecule has 0 aliphatic rings. The second-order valence-corrected chi connectivity index (χ2v) is 5.10. The van der Waals surface area contributed by atoms with Gasteiger partial charge in [-0.3, -0.25) is 9.59 Å². The predicted molar refractivity (Wildman–Crippen MR) is 81.6 cm³/mol. The van der Waals surface area contributed by atoms with Crippen LogP contribution in [0.1, 0.15) is 18.9 Å². The van der Waals surface area contributed by atoms with Crippen LogP contribution in [0.2, 0.25) is 0 Å². The number of amides is 2. The van der Waals surface area contributed by atoms with Gasteiger partial charge in [-0.1, -0.05) is 6.07 Å². The van der Waals surface area contributed by atoms with Gasteiger partial charge in [-0.2, -0.15) is 0 Å². The molecule has 20 heavy (non-hydrogen) atoms. The molecule has 110 valence electrons. The monoisotopic (exact) mass is 342 g/mol. The lowest BCUT2D eigenvalue weighted by Crippen LogP contribution is -2.36. The van der Waals surface area contributed by atoms with Crippen molar-refractivity contribution in [3.63, 3.8) is 0 Å². The maximum Gasteiger partial charge on any atom is 0.313 e. The second-order valence-electron chi connectivity index (χ2n) is 4.24. The largest absolute Gasteiger partial charge is 0.382 e. The van der Waals surface area contributed by atoms with Crippen molar-refractivity contribution in [2.24, 2.45) is 0 Å². The molecule has 1 aromatic rings. The van der Waals surface area contributed by atoms with E-state index in [4.69, 9.17) is 4.74 Å². The van der Waals surface area contributed by atoms with Gasteiger partial charge in [-0.25, -0.2) is 0 Å². The van der Waals surface area contributed by atoms with Gasteiger partial charge in [0.15, 0.2) is 0 Å². The van der Waals surface area contributed by atoms with Gasteiger partial charge in [0.1, 0.15) is 0 Å². The summed E-state index contributed by atoms with van der Waals surface area (Å²) in [4.78, 5) is 23.3. The van der Waals surface area contributed by atoms with Gasteiger partial charge in [-0.15, -0.1) is 0 Å². The molecule has 0 saturated heterocycles. The summed E-state index contributed by atoms with van der Waals surface area (Å²) < 4.78 is 5.89. The highest BCUT2D eigenvalue weighted by Crippen LogP contribution is 2.23. The number of nitrogens with one attached hydrogen (secondary N) is 2. The van der Waals surface area contributed by atoms with E-state index in [2.05, 4.69) is 26.6 Å². The number of aryl methyl sites for hydroxylation is 1. The number of rotatable bonds is 6. The summed E-state index contributed by atoms with van der Waals surface area (Å²) in [5.41, 5.74) is 1.64. The minimum absolute atomic E-state index is 0.418. The first-order chi connectivity index (χ1) is 9.54. The van der Waals surface area contributed by atoms with E-state index in [-0.39, 0.29) is 0 Å². The molecule has 0 spiro atoms. The van der Waals surface area contributed by atoms with E-state index in [1.807, 2.05) is 26.0 Å². The Labute approximate surface area is 127 Å². The van der Waals surface area contributed by atoms with E-state index >= 15 is 0 Å². The van der Waals surface area contributed by atoms with E-state index < -0.39 is 11.8 Å². The topological polar surface area (TPSA) is 67.4 Å². The first kappa shape index (κ1) is 16.7. The molecule has 0 radical (unpaired) electrons. The number of ether oxygens (including phenoxy) is 1. The molecule has 0 aliphatic carbocycles. The third-order valence-corrected chi connectivity index (χ3v) is 3.19. The van der Waals surface area contributed by atoms with E-state index in [0.717, 1.165) is 10.0 Å². The molecule has 0 atom stereocenters. The fourth-order valence-corrected chi connectivity index (χ4v) is 2.09. The second kappa shape index (κ2) is 8.71. The van der Waals surface area contributed by atoms with Crippen molar-refractivity contribution in [2.75, 3.05) is 25.1 Å². The van der Waals surface area contributed by atoms with E-state index in [0.29, 0.717) is 31.9 Å². The van der Waals surface area contributed by atoms with Gasteiger partial charge in [0, 0.05) is 24.2 Å². The first-order valence-corrected chi connectivity index (χ1v) is 7.27. The lowest BCUT2D eigenvalue weighted by molar-refractivity contribution is -0.136. The standard InChI is InChI=1S/C14H19BrN2O3/c1-3-20-8-4-7-16-13(18)14(19)17-12-6-5-10(2)9-11(12)15/h5-6,9H,3-4,7-8H2,1-2H3,(H,16,18)(H,17,19). The lowest BCUT2D eigenvalue weighted by Gasteiger charge is -2.08. The fourth-order valence-electron chi connectivity index (χ4n) is 1.50. The summed E-state index contributed by atoms with van der Waals surface area (Å²) in [5, 5.41) is 5.11. The molecule has 1 aromatic carbocycles. The molecular formula is C14H19BrN2O3. The molecule has 0 aromatic heterocycles. The summed E-state index contributed by atoms with van der Waals surface area (Å²) in [6.45, 7) is 5.49. The normalized spacial score (nSPS) is 10.2. The van der Waals surface area contributed by atoms with Crippen LogP contribution < -0.4 is 10.6 Å². The Morgan fingerprint density at radius 1 is 1.30 bits per heavy atom. The number of benzene rings is 1. The SMILES string of the molecule is CCOCCCNC(=O)C(=O)Nc1ccc(C)cc1Br. The Morgan fingerprint density at radius 3 is 2.70 bits per heavy atom. The number of anilines is 1. The van der Waals surface area contributed by atoms with Crippen molar-refractivity contribution in [1.82, 2.24) is 5.32 Å². The molecule has 2 N–H and O–H groups in total. The highest BCUT2D eigenvalue weighted by Gasteiger charge is 2.14. The molecule has 0 heterocycles. The summed E-state index contributed by atoms with van der Waals surface area (Å²) in [7, 11) is 0. The minimum Gasteiger partial charge on any atom is -0.382 e. The van der Waals surface area contributed by atoms with E-state index in [1.54, 1.807) is 6.07 Å². The van der Waals surface area contributed by atoms with Crippen LogP contribution in [0.15, 0.2) is 22.7 Å². The zero-order valence-electron chi connectivity index (χ0n) is 11.7. The number of carbonyl (C=O) groups is 2. The smallest absolute Gasteiger partial charge is 0.313 e. The van der Waals surface area contributed by atoms with Crippen LogP contribution in [-0.2, 0) is 14.3 Å². The predicted octanol–water partition coefficient (Wildman–Crippen LogP) is 2.24. The lowest BCUT2D eigenvalue weighted by atomic mass is 10.2. The molecule has 1 rings (SSSR count). The molecule has 2 amide bonds. The van der Waals surface area contributed by atoms with Gasteiger partial charge in [0.25, 0.3) is 0 Å². The summed E-state index contributed by atoms with van der Waals surface area (Å²) in [5.74, 6) is -1.32. The van der Waals surface area contributed by atoms with Crippen LogP contribution in [0.5, 0.6) is 0 Å². The van der Waals surface area contributed by atoms with Crippen LogP contribution in [0.4, 0.5) is 5.69 Å². The molecule has 0 bridgehead atoms. The Balaban J connectivity index is 2.39. The van der Waals surface area contributed by atoms with Gasteiger partial charge in [0.2, 0.25) is 0 Å². The van der Waals surface area contributed by atoms with Gasteiger partial charge < -0.3 is 15.4 Å². The summed E-state index contributed by atoms with van der Waals surface area (Å²) in [6.07, 6.45) is 0.682. The molecule has 0 fully saturated rings. The van der Waals surface area contributed by atoms with Crippen LogP contribution in [0, 0.1) is 6.92 Å². The van der Waals surface area contributed by atoms with Crippen LogP contribution in [0.3, 0.4) is 0 Å². The Hall–Kier alpha value is -1.40. The maximum absolute atomic E-state index is 11.7. The van der Waals surface area contributed by atoms with Crippen molar-refractivity contribution >= 4 is 33.4 Å². The highest BCUT2D eigenvalue weighted by molar-refractivity contribution is 9.10. The zero-order valence-corrected chi connectivity index (χ0v) is 13.2. The molecular weight excluding hydrogens is 324 g/mol. The van der Waals surface area contributed by atoms with Gasteiger partial charge in [-0.05, 0) is 53.9 Å². The Morgan fingerprint density at radius 2 is 2.05 bits per heavy atom. The number of carbonyl (C=O) groups excluding carboxylic acids is 2. The summed E-state index contributed by atoms with van der Waals surface area (Å²) in [6, 6.07) is 5.48. The van der Waals surface area contributed by atoms with Crippen LogP contribution in [0.25, 0.3) is 0 Å². The third kappa shape index (κ3) is 5.71. The molecule has 0 unspecified atom stereocenters. The average Bonchev–Trinajstić information content (AvgIpc) is 2.41. The van der Waals surface area contributed by atoms with Crippen molar-refractivity contribution in [3.05, 3.63) is 28.2 Å². The molecule has 5 nitrogen and oxygen atoms in total. The van der Waals surface area contributed by atoms with Crippen molar-refractivity contribution in [1.29, 1.82) is 0 Å². The van der Waals surface area contributed by atoms with E-state index in [9.17, 15) is 9.59 Å². The number of hydrogen-bond acceptors (Lipinski definition) is 3. The summed E-state index contributed by atoms with van der Waals surface area (Å²) >= 11 is 3.34. The van der Waals surface area contributed by atoms with Crippen molar-refractivity contribution < 1.29 is 14.3 Å². The average molecular weight is 343 g/mol. The quantitative estimate of drug-likeness (QED) is 0.615. The maximum atomic E-state index is 11.7. The first-order valence-electron chi connectivity index (χ1n) is 6.47. The Kier molecular flexibility index (Phi) is 7.25.